The number of allylic oxidation sites excluding steroid dienone is 3. The zero-order chi connectivity index (χ0) is 36.3. The Morgan fingerprint density at radius 1 is 0.418 bits per heavy atom. The molecule has 0 radical (unpaired) electrons. The maximum atomic E-state index is 2.44. The fourth-order valence-corrected chi connectivity index (χ4v) is 8.77. The minimum absolute atomic E-state index is 1.02. The Labute approximate surface area is 319 Å². The molecule has 11 rings (SSSR count). The molecular weight excluding hydrogens is 667 g/mol. The fraction of sp³-hybridized carbons (Fsp3) is 0.0385. The molecule has 1 aliphatic rings. The number of aromatic nitrogens is 2. The smallest absolute Gasteiger partial charge is 0.0562 e. The Morgan fingerprint density at radius 3 is 1.76 bits per heavy atom. The van der Waals surface area contributed by atoms with Crippen LogP contribution in [0, 0.1) is 0 Å². The zero-order valence-electron chi connectivity index (χ0n) is 30.3. The minimum Gasteiger partial charge on any atom is -0.310 e. The van der Waals surface area contributed by atoms with Gasteiger partial charge in [0.25, 0.3) is 0 Å². The van der Waals surface area contributed by atoms with E-state index < -0.39 is 0 Å². The number of hydrogen-bond acceptors (Lipinski definition) is 1. The molecule has 8 aromatic carbocycles. The van der Waals surface area contributed by atoms with Crippen molar-refractivity contribution in [2.75, 3.05) is 4.90 Å². The lowest BCUT2D eigenvalue weighted by Gasteiger charge is -2.28. The van der Waals surface area contributed by atoms with Gasteiger partial charge in [-0.2, -0.15) is 0 Å². The number of para-hydroxylation sites is 3. The first kappa shape index (κ1) is 31.4. The Morgan fingerprint density at radius 2 is 1.02 bits per heavy atom. The molecule has 2 aromatic heterocycles. The molecule has 0 aliphatic heterocycles. The van der Waals surface area contributed by atoms with Gasteiger partial charge in [-0.1, -0.05) is 121 Å². The number of fused-ring (bicyclic) bond motifs is 7. The highest BCUT2D eigenvalue weighted by molar-refractivity contribution is 6.16. The standard InChI is InChI=1S/C52H37N3/c1-3-16-40(17-4-1)53(49-24-13-25-50-52(49)45-21-10-12-23-48(45)54(50)41-18-5-2-6-19-41)42-30-26-36(27-31-42)37-28-32-43(33-29-37)55-47-22-11-9-20-44(47)46-34-38-14-7-8-15-39(38)35-51(46)55/h2-3,5-35H,1,4H2. The van der Waals surface area contributed by atoms with E-state index in [1.54, 1.807) is 0 Å². The molecule has 260 valence electrons. The maximum absolute atomic E-state index is 2.44. The molecule has 0 bridgehead atoms. The number of benzene rings is 8. The van der Waals surface area contributed by atoms with Gasteiger partial charge in [-0.05, 0) is 114 Å². The van der Waals surface area contributed by atoms with Gasteiger partial charge in [-0.25, -0.2) is 0 Å². The molecule has 0 amide bonds. The topological polar surface area (TPSA) is 13.1 Å². The lowest BCUT2D eigenvalue weighted by Crippen LogP contribution is -2.16. The van der Waals surface area contributed by atoms with Crippen LogP contribution in [0.15, 0.2) is 206 Å². The average Bonchev–Trinajstić information content (AvgIpc) is 3.77. The molecule has 10 aromatic rings. The Bertz CT molecular complexity index is 3120. The van der Waals surface area contributed by atoms with E-state index in [4.69, 9.17) is 0 Å². The van der Waals surface area contributed by atoms with Gasteiger partial charge in [-0.15, -0.1) is 0 Å². The van der Waals surface area contributed by atoms with E-state index in [1.165, 1.54) is 76.9 Å². The predicted octanol–water partition coefficient (Wildman–Crippen LogP) is 14.1. The van der Waals surface area contributed by atoms with Crippen LogP contribution in [-0.4, -0.2) is 9.13 Å². The van der Waals surface area contributed by atoms with Crippen molar-refractivity contribution in [2.45, 2.75) is 12.8 Å². The van der Waals surface area contributed by atoms with Crippen molar-refractivity contribution >= 4 is 65.8 Å². The highest BCUT2D eigenvalue weighted by Gasteiger charge is 2.22. The van der Waals surface area contributed by atoms with Crippen LogP contribution in [0.25, 0.3) is 76.9 Å². The Kier molecular flexibility index (Phi) is 7.31. The third kappa shape index (κ3) is 5.12. The SMILES string of the molecule is C1=CC(N(c2ccc(-c3ccc(-n4c5ccccc5c5cc6ccccc6cc54)cc3)cc2)c2cccc3c2c2ccccc2n3-c2ccccc2)=CCC1. The first-order valence-corrected chi connectivity index (χ1v) is 19.2. The molecule has 3 nitrogen and oxygen atoms in total. The van der Waals surface area contributed by atoms with Crippen molar-refractivity contribution in [3.63, 3.8) is 0 Å². The van der Waals surface area contributed by atoms with E-state index in [-0.39, 0.29) is 0 Å². The average molecular weight is 704 g/mol. The molecule has 0 fully saturated rings. The number of nitrogens with zero attached hydrogens (tertiary/aromatic N) is 3. The highest BCUT2D eigenvalue weighted by Crippen LogP contribution is 2.43. The molecule has 0 atom stereocenters. The summed E-state index contributed by atoms with van der Waals surface area (Å²) in [5.74, 6) is 0. The second-order valence-corrected chi connectivity index (χ2v) is 14.5. The summed E-state index contributed by atoms with van der Waals surface area (Å²) in [5.41, 5.74) is 13.1. The molecule has 1 aliphatic carbocycles. The van der Waals surface area contributed by atoms with E-state index >= 15 is 0 Å². The minimum atomic E-state index is 1.02. The summed E-state index contributed by atoms with van der Waals surface area (Å²) in [7, 11) is 0. The monoisotopic (exact) mass is 703 g/mol. The van der Waals surface area contributed by atoms with Gasteiger partial charge in [0, 0.05) is 44.3 Å². The van der Waals surface area contributed by atoms with Crippen molar-refractivity contribution in [3.8, 4) is 22.5 Å². The summed E-state index contributed by atoms with van der Waals surface area (Å²) in [6.45, 7) is 0. The van der Waals surface area contributed by atoms with Crippen molar-refractivity contribution in [2.24, 2.45) is 0 Å². The van der Waals surface area contributed by atoms with Crippen molar-refractivity contribution in [1.82, 2.24) is 9.13 Å². The number of hydrogen-bond donors (Lipinski definition) is 0. The first-order valence-electron chi connectivity index (χ1n) is 19.2. The Hall–Kier alpha value is -7.10. The molecule has 0 saturated carbocycles. The lowest BCUT2D eigenvalue weighted by atomic mass is 10.0. The summed E-state index contributed by atoms with van der Waals surface area (Å²) in [5, 5.41) is 7.57. The van der Waals surface area contributed by atoms with Crippen LogP contribution in [0.5, 0.6) is 0 Å². The fourth-order valence-electron chi connectivity index (χ4n) is 8.77. The molecule has 0 unspecified atom stereocenters. The van der Waals surface area contributed by atoms with Crippen molar-refractivity contribution in [3.05, 3.63) is 206 Å². The second kappa shape index (κ2) is 12.8. The van der Waals surface area contributed by atoms with Gasteiger partial charge in [-0.3, -0.25) is 0 Å². The van der Waals surface area contributed by atoms with Crippen LogP contribution >= 0.6 is 0 Å². The maximum Gasteiger partial charge on any atom is 0.0562 e. The summed E-state index contributed by atoms with van der Waals surface area (Å²) in [6.07, 6.45) is 9.04. The van der Waals surface area contributed by atoms with Gasteiger partial charge < -0.3 is 14.0 Å². The van der Waals surface area contributed by atoms with E-state index in [0.717, 1.165) is 29.9 Å². The summed E-state index contributed by atoms with van der Waals surface area (Å²) < 4.78 is 4.80. The molecule has 3 heteroatoms. The number of anilines is 2. The van der Waals surface area contributed by atoms with Gasteiger partial charge >= 0.3 is 0 Å². The van der Waals surface area contributed by atoms with Gasteiger partial charge in [0.05, 0.1) is 27.8 Å². The third-order valence-corrected chi connectivity index (χ3v) is 11.3. The summed E-state index contributed by atoms with van der Waals surface area (Å²) in [6, 6.07) is 66.4. The highest BCUT2D eigenvalue weighted by atomic mass is 15.2. The molecule has 2 heterocycles. The van der Waals surface area contributed by atoms with E-state index in [9.17, 15) is 0 Å². The van der Waals surface area contributed by atoms with E-state index in [0.29, 0.717) is 0 Å². The summed E-state index contributed by atoms with van der Waals surface area (Å²) in [4.78, 5) is 2.44. The van der Waals surface area contributed by atoms with Gasteiger partial charge in [0.15, 0.2) is 0 Å². The lowest BCUT2D eigenvalue weighted by molar-refractivity contribution is 0.998. The van der Waals surface area contributed by atoms with Crippen molar-refractivity contribution in [1.29, 1.82) is 0 Å². The Balaban J connectivity index is 1.00. The van der Waals surface area contributed by atoms with Crippen LogP contribution in [-0.2, 0) is 0 Å². The largest absolute Gasteiger partial charge is 0.310 e. The molecule has 0 saturated heterocycles. The van der Waals surface area contributed by atoms with Crippen LogP contribution < -0.4 is 4.90 Å². The molecular formula is C52H37N3. The normalized spacial score (nSPS) is 13.0. The molecule has 55 heavy (non-hydrogen) atoms. The first-order chi connectivity index (χ1) is 27.3. The zero-order valence-corrected chi connectivity index (χ0v) is 30.3. The molecule has 0 N–H and O–H groups in total. The van der Waals surface area contributed by atoms with Crippen LogP contribution in [0.1, 0.15) is 12.8 Å². The van der Waals surface area contributed by atoms with Crippen LogP contribution in [0.2, 0.25) is 0 Å². The number of rotatable bonds is 6. The third-order valence-electron chi connectivity index (χ3n) is 11.3. The molecule has 0 spiro atoms. The van der Waals surface area contributed by atoms with Gasteiger partial charge in [0.2, 0.25) is 0 Å². The quantitative estimate of drug-likeness (QED) is 0.168. The van der Waals surface area contributed by atoms with Crippen LogP contribution in [0.4, 0.5) is 11.4 Å². The van der Waals surface area contributed by atoms with Crippen molar-refractivity contribution < 1.29 is 0 Å². The van der Waals surface area contributed by atoms with Crippen LogP contribution in [0.3, 0.4) is 0 Å². The van der Waals surface area contributed by atoms with E-state index in [2.05, 4.69) is 214 Å². The predicted molar refractivity (Wildman–Crippen MR) is 233 cm³/mol. The van der Waals surface area contributed by atoms with Gasteiger partial charge in [0.1, 0.15) is 0 Å². The summed E-state index contributed by atoms with van der Waals surface area (Å²) >= 11 is 0. The van der Waals surface area contributed by atoms with E-state index in [1.807, 2.05) is 0 Å². The second-order valence-electron chi connectivity index (χ2n) is 14.5.